The minimum Gasteiger partial charge on any atom is -0.496 e. The zero-order chi connectivity index (χ0) is 22.9. The normalized spacial score (nSPS) is 14.6. The molecule has 1 fully saturated rings. The Bertz CT molecular complexity index is 998. The summed E-state index contributed by atoms with van der Waals surface area (Å²) in [5.74, 6) is 0.663. The third-order valence-electron chi connectivity index (χ3n) is 5.77. The highest BCUT2D eigenvalue weighted by atomic mass is 19.1. The number of halogens is 1. The third-order valence-corrected chi connectivity index (χ3v) is 5.77. The molecule has 1 saturated heterocycles. The van der Waals surface area contributed by atoms with Crippen LogP contribution in [0.15, 0.2) is 48.7 Å². The molecular formula is C25H32FN3O3. The number of H-pyrrole nitrogens is 1. The monoisotopic (exact) mass is 441 g/mol. The summed E-state index contributed by atoms with van der Waals surface area (Å²) >= 11 is 0. The number of aromatic amines is 1. The van der Waals surface area contributed by atoms with Gasteiger partial charge in [-0.2, -0.15) is 0 Å². The number of aromatic nitrogens is 1. The second-order valence-corrected chi connectivity index (χ2v) is 7.81. The molecule has 1 aliphatic heterocycles. The Hall–Kier alpha value is -2.90. The van der Waals surface area contributed by atoms with E-state index in [1.165, 1.54) is 29.1 Å². The number of carbonyl (C=O) groups is 1. The summed E-state index contributed by atoms with van der Waals surface area (Å²) in [6.45, 7) is 7.11. The van der Waals surface area contributed by atoms with E-state index in [-0.39, 0.29) is 12.6 Å². The molecule has 6 nitrogen and oxygen atoms in total. The minimum atomic E-state index is -0.291. The highest BCUT2D eigenvalue weighted by Gasteiger charge is 2.20. The predicted molar refractivity (Wildman–Crippen MR) is 125 cm³/mol. The molecule has 32 heavy (non-hydrogen) atoms. The molecule has 2 aromatic carbocycles. The lowest BCUT2D eigenvalue weighted by atomic mass is 10.0. The quantitative estimate of drug-likeness (QED) is 0.585. The highest BCUT2D eigenvalue weighted by Crippen LogP contribution is 2.31. The summed E-state index contributed by atoms with van der Waals surface area (Å²) in [5.41, 5.74) is 4.22. The number of benzene rings is 2. The number of hydrogen-bond donors (Lipinski definition) is 1. The average Bonchev–Trinajstić information content (AvgIpc) is 3.33. The van der Waals surface area contributed by atoms with E-state index in [9.17, 15) is 9.18 Å². The first-order valence-corrected chi connectivity index (χ1v) is 10.8. The minimum absolute atomic E-state index is 0.254. The van der Waals surface area contributed by atoms with Crippen LogP contribution in [-0.2, 0) is 11.3 Å². The maximum Gasteiger partial charge on any atom is 0.337 e. The van der Waals surface area contributed by atoms with Gasteiger partial charge in [0.15, 0.2) is 0 Å². The largest absolute Gasteiger partial charge is 0.496 e. The van der Waals surface area contributed by atoms with Crippen molar-refractivity contribution in [3.63, 3.8) is 0 Å². The van der Waals surface area contributed by atoms with Crippen LogP contribution in [0, 0.1) is 6.92 Å². The van der Waals surface area contributed by atoms with Gasteiger partial charge in [-0.3, -0.25) is 9.80 Å². The summed E-state index contributed by atoms with van der Waals surface area (Å²) in [5, 5.41) is 1.24. The zero-order valence-electron chi connectivity index (χ0n) is 19.1. The number of carbonyl (C=O) groups excluding carboxylic acids is 1. The lowest BCUT2D eigenvalue weighted by molar-refractivity contribution is 0.0600. The number of piperazine rings is 1. The second-order valence-electron chi connectivity index (χ2n) is 7.81. The van der Waals surface area contributed by atoms with Crippen molar-refractivity contribution >= 4 is 16.9 Å². The fourth-order valence-electron chi connectivity index (χ4n) is 3.99. The lowest BCUT2D eigenvalue weighted by Crippen LogP contribution is -2.46. The van der Waals surface area contributed by atoms with Gasteiger partial charge in [0.1, 0.15) is 12.4 Å². The van der Waals surface area contributed by atoms with Crippen LogP contribution in [-0.4, -0.2) is 74.4 Å². The maximum absolute atomic E-state index is 12.4. The van der Waals surface area contributed by atoms with E-state index in [1.807, 2.05) is 12.3 Å². The molecule has 4 rings (SSSR count). The summed E-state index contributed by atoms with van der Waals surface area (Å²) < 4.78 is 22.5. The molecule has 1 aliphatic rings. The number of ether oxygens (including phenoxy) is 2. The molecule has 0 saturated carbocycles. The molecule has 0 bridgehead atoms. The molecule has 0 amide bonds. The number of hydrogen-bond acceptors (Lipinski definition) is 5. The summed E-state index contributed by atoms with van der Waals surface area (Å²) in [7, 11) is 3.10. The Morgan fingerprint density at radius 2 is 1.75 bits per heavy atom. The van der Waals surface area contributed by atoms with Gasteiger partial charge >= 0.3 is 5.97 Å². The third kappa shape index (κ3) is 5.87. The van der Waals surface area contributed by atoms with Gasteiger partial charge in [0, 0.05) is 61.9 Å². The van der Waals surface area contributed by atoms with Gasteiger partial charge in [0.05, 0.1) is 19.8 Å². The Balaban J connectivity index is 0.000000243. The molecule has 0 aliphatic carbocycles. The fourth-order valence-corrected chi connectivity index (χ4v) is 3.99. The summed E-state index contributed by atoms with van der Waals surface area (Å²) in [4.78, 5) is 18.7. The highest BCUT2D eigenvalue weighted by molar-refractivity contribution is 5.89. The molecule has 0 unspecified atom stereocenters. The van der Waals surface area contributed by atoms with Gasteiger partial charge in [0.25, 0.3) is 0 Å². The van der Waals surface area contributed by atoms with Gasteiger partial charge in [-0.05, 0) is 36.8 Å². The molecule has 0 spiro atoms. The Morgan fingerprint density at radius 1 is 1.06 bits per heavy atom. The first-order chi connectivity index (χ1) is 15.6. The zero-order valence-corrected chi connectivity index (χ0v) is 19.1. The second kappa shape index (κ2) is 11.6. The SMILES string of the molecule is COC(=O)c1ccccc1.COc1cc(C)c2[nH]ccc2c1CN1CCN(CCF)CC1. The standard InChI is InChI=1S/C17H24FN3O.C8H8O2/c1-13-11-16(22-2)15(14-3-5-19-17(13)14)12-21-9-7-20(6-4-18)8-10-21;1-10-8(9)7-5-3-2-4-6-7/h3,5,11,19H,4,6-10,12H2,1-2H3;2-6H,1H3. The van der Waals surface area contributed by atoms with E-state index < -0.39 is 0 Å². The number of methoxy groups -OCH3 is 2. The number of esters is 1. The van der Waals surface area contributed by atoms with Crippen LogP contribution in [0.5, 0.6) is 5.75 Å². The van der Waals surface area contributed by atoms with E-state index in [0.29, 0.717) is 12.1 Å². The van der Waals surface area contributed by atoms with Crippen LogP contribution in [0.1, 0.15) is 21.5 Å². The predicted octanol–water partition coefficient (Wildman–Crippen LogP) is 4.05. The molecule has 3 aromatic rings. The van der Waals surface area contributed by atoms with Crippen molar-refractivity contribution in [2.45, 2.75) is 13.5 Å². The van der Waals surface area contributed by atoms with E-state index in [1.54, 1.807) is 31.4 Å². The van der Waals surface area contributed by atoms with Crippen molar-refractivity contribution in [1.82, 2.24) is 14.8 Å². The molecule has 7 heteroatoms. The van der Waals surface area contributed by atoms with Crippen LogP contribution in [0.2, 0.25) is 0 Å². The number of aryl methyl sites for hydroxylation is 1. The van der Waals surface area contributed by atoms with Crippen LogP contribution in [0.4, 0.5) is 4.39 Å². The Labute approximate surface area is 188 Å². The number of nitrogens with zero attached hydrogens (tertiary/aromatic N) is 2. The molecule has 1 N–H and O–H groups in total. The van der Waals surface area contributed by atoms with Crippen LogP contribution >= 0.6 is 0 Å². The van der Waals surface area contributed by atoms with Crippen molar-refractivity contribution in [2.24, 2.45) is 0 Å². The van der Waals surface area contributed by atoms with Crippen molar-refractivity contribution in [3.05, 3.63) is 65.4 Å². The van der Waals surface area contributed by atoms with Crippen LogP contribution < -0.4 is 4.74 Å². The van der Waals surface area contributed by atoms with E-state index in [0.717, 1.165) is 38.5 Å². The summed E-state index contributed by atoms with van der Waals surface area (Å²) in [6.07, 6.45) is 1.99. The van der Waals surface area contributed by atoms with Crippen LogP contribution in [0.3, 0.4) is 0 Å². The van der Waals surface area contributed by atoms with E-state index in [2.05, 4.69) is 38.6 Å². The van der Waals surface area contributed by atoms with Gasteiger partial charge in [-0.1, -0.05) is 18.2 Å². The first kappa shape index (κ1) is 23.8. The summed E-state index contributed by atoms with van der Waals surface area (Å²) in [6, 6.07) is 13.1. The van der Waals surface area contributed by atoms with E-state index in [4.69, 9.17) is 4.74 Å². The van der Waals surface area contributed by atoms with Crippen molar-refractivity contribution in [2.75, 3.05) is 53.6 Å². The number of fused-ring (bicyclic) bond motifs is 1. The van der Waals surface area contributed by atoms with Gasteiger partial charge in [-0.15, -0.1) is 0 Å². The first-order valence-electron chi connectivity index (χ1n) is 10.8. The molecule has 1 aromatic heterocycles. The molecule has 0 atom stereocenters. The van der Waals surface area contributed by atoms with Gasteiger partial charge in [0.2, 0.25) is 0 Å². The van der Waals surface area contributed by atoms with Crippen molar-refractivity contribution in [1.29, 1.82) is 0 Å². The van der Waals surface area contributed by atoms with E-state index >= 15 is 0 Å². The fraction of sp³-hybridized carbons (Fsp3) is 0.400. The molecular weight excluding hydrogens is 409 g/mol. The van der Waals surface area contributed by atoms with Crippen molar-refractivity contribution in [3.8, 4) is 5.75 Å². The number of alkyl halides is 1. The molecule has 172 valence electrons. The Kier molecular flexibility index (Phi) is 8.64. The molecule has 0 radical (unpaired) electrons. The number of rotatable bonds is 6. The van der Waals surface area contributed by atoms with Crippen LogP contribution in [0.25, 0.3) is 10.9 Å². The average molecular weight is 442 g/mol. The van der Waals surface area contributed by atoms with Gasteiger partial charge in [-0.25, -0.2) is 9.18 Å². The Morgan fingerprint density at radius 3 is 2.38 bits per heavy atom. The molecule has 2 heterocycles. The smallest absolute Gasteiger partial charge is 0.337 e. The van der Waals surface area contributed by atoms with Crippen molar-refractivity contribution < 1.29 is 18.7 Å². The number of nitrogens with one attached hydrogen (secondary N) is 1. The maximum atomic E-state index is 12.4. The lowest BCUT2D eigenvalue weighted by Gasteiger charge is -2.34. The van der Waals surface area contributed by atoms with Gasteiger partial charge < -0.3 is 14.5 Å². The topological polar surface area (TPSA) is 57.8 Å².